The molecule has 1 fully saturated rings. The van der Waals surface area contributed by atoms with E-state index in [1.807, 2.05) is 49.1 Å². The minimum absolute atomic E-state index is 0.0116. The van der Waals surface area contributed by atoms with Crippen LogP contribution in [0.25, 0.3) is 21.0 Å². The zero-order chi connectivity index (χ0) is 20.8. The molecule has 1 aliphatic rings. The third-order valence-corrected chi connectivity index (χ3v) is 7.13. The molecule has 5 rings (SSSR count). The van der Waals surface area contributed by atoms with Crippen LogP contribution < -0.4 is 5.56 Å². The predicted octanol–water partition coefficient (Wildman–Crippen LogP) is 4.17. The number of likely N-dealkylation sites (tertiary alicyclic amines) is 1. The van der Waals surface area contributed by atoms with E-state index in [-0.39, 0.29) is 17.4 Å². The third kappa shape index (κ3) is 3.10. The molecular weight excluding hydrogens is 396 g/mol. The summed E-state index contributed by atoms with van der Waals surface area (Å²) in [4.78, 5) is 41.9. The van der Waals surface area contributed by atoms with Crippen molar-refractivity contribution in [2.45, 2.75) is 32.6 Å². The Kier molecular flexibility index (Phi) is 4.62. The summed E-state index contributed by atoms with van der Waals surface area (Å²) in [5.41, 5.74) is 1.39. The topological polar surface area (TPSA) is 79.0 Å². The minimum atomic E-state index is -0.0870. The summed E-state index contributed by atoms with van der Waals surface area (Å²) in [6.45, 7) is 5.19. The molecule has 3 aromatic heterocycles. The number of hydrogen-bond donors (Lipinski definition) is 1. The lowest BCUT2D eigenvalue weighted by molar-refractivity contribution is 0.0701. The first kappa shape index (κ1) is 18.9. The van der Waals surface area contributed by atoms with Gasteiger partial charge in [-0.15, -0.1) is 11.3 Å². The molecule has 1 aliphatic heterocycles. The van der Waals surface area contributed by atoms with Crippen LogP contribution in [-0.2, 0) is 0 Å². The van der Waals surface area contributed by atoms with Gasteiger partial charge in [0.15, 0.2) is 0 Å². The highest BCUT2D eigenvalue weighted by atomic mass is 32.1. The molecule has 0 aliphatic carbocycles. The maximum Gasteiger partial charge on any atom is 0.273 e. The molecule has 1 atom stereocenters. The van der Waals surface area contributed by atoms with Gasteiger partial charge in [0, 0.05) is 35.5 Å². The number of nitrogens with one attached hydrogen (secondary N) is 1. The van der Waals surface area contributed by atoms with E-state index in [0.717, 1.165) is 38.9 Å². The maximum atomic E-state index is 13.3. The quantitative estimate of drug-likeness (QED) is 0.530. The van der Waals surface area contributed by atoms with Crippen LogP contribution in [0.5, 0.6) is 0 Å². The Hall–Kier alpha value is -3.06. The van der Waals surface area contributed by atoms with E-state index >= 15 is 0 Å². The number of pyridine rings is 1. The summed E-state index contributed by atoms with van der Waals surface area (Å²) in [5, 5.41) is 2.55. The number of aryl methyl sites for hydroxylation is 2. The first-order valence-electron chi connectivity index (χ1n) is 10.2. The van der Waals surface area contributed by atoms with E-state index in [4.69, 9.17) is 4.98 Å². The number of aromatic amines is 1. The summed E-state index contributed by atoms with van der Waals surface area (Å²) in [5.74, 6) is 0.623. The van der Waals surface area contributed by atoms with Crippen LogP contribution in [0.2, 0.25) is 0 Å². The SMILES string of the molecule is Cc1sc2nc([C@@H]3CCCN(C(=O)c4nccc5ccccc45)C3)[nH]c(=O)c2c1C. The molecule has 0 saturated carbocycles. The number of rotatable bonds is 2. The number of thiophene rings is 1. The van der Waals surface area contributed by atoms with Gasteiger partial charge in [-0.2, -0.15) is 0 Å². The van der Waals surface area contributed by atoms with Crippen LogP contribution in [0.15, 0.2) is 41.3 Å². The minimum Gasteiger partial charge on any atom is -0.337 e. The molecule has 0 spiro atoms. The number of nitrogens with zero attached hydrogens (tertiary/aromatic N) is 3. The van der Waals surface area contributed by atoms with Gasteiger partial charge in [-0.25, -0.2) is 4.98 Å². The lowest BCUT2D eigenvalue weighted by atomic mass is 9.96. The van der Waals surface area contributed by atoms with Gasteiger partial charge in [0.25, 0.3) is 11.5 Å². The predicted molar refractivity (Wildman–Crippen MR) is 119 cm³/mol. The normalized spacial score (nSPS) is 17.0. The average Bonchev–Trinajstić information content (AvgIpc) is 3.06. The van der Waals surface area contributed by atoms with E-state index in [1.54, 1.807) is 17.5 Å². The van der Waals surface area contributed by atoms with E-state index in [9.17, 15) is 9.59 Å². The van der Waals surface area contributed by atoms with E-state index in [0.29, 0.717) is 30.0 Å². The molecule has 4 heterocycles. The van der Waals surface area contributed by atoms with Gasteiger partial charge in [0.1, 0.15) is 16.3 Å². The molecule has 30 heavy (non-hydrogen) atoms. The summed E-state index contributed by atoms with van der Waals surface area (Å²) in [7, 11) is 0. The van der Waals surface area contributed by atoms with Crippen molar-refractivity contribution < 1.29 is 4.79 Å². The van der Waals surface area contributed by atoms with Crippen LogP contribution in [0.4, 0.5) is 0 Å². The van der Waals surface area contributed by atoms with E-state index < -0.39 is 0 Å². The first-order valence-corrected chi connectivity index (χ1v) is 11.0. The number of H-pyrrole nitrogens is 1. The summed E-state index contributed by atoms with van der Waals surface area (Å²) >= 11 is 1.55. The Labute approximate surface area is 177 Å². The maximum absolute atomic E-state index is 13.3. The number of carbonyl (C=O) groups is 1. The molecule has 0 unspecified atom stereocenters. The van der Waals surface area contributed by atoms with Gasteiger partial charge >= 0.3 is 0 Å². The second-order valence-corrected chi connectivity index (χ2v) is 9.09. The highest BCUT2D eigenvalue weighted by molar-refractivity contribution is 7.18. The number of hydrogen-bond acceptors (Lipinski definition) is 5. The van der Waals surface area contributed by atoms with Crippen molar-refractivity contribution in [3.05, 3.63) is 68.8 Å². The van der Waals surface area contributed by atoms with Crippen molar-refractivity contribution in [2.75, 3.05) is 13.1 Å². The van der Waals surface area contributed by atoms with Crippen molar-refractivity contribution in [3.8, 4) is 0 Å². The number of carbonyl (C=O) groups excluding carboxylic acids is 1. The fraction of sp³-hybridized carbons (Fsp3) is 0.304. The molecule has 1 aromatic carbocycles. The molecule has 4 aromatic rings. The van der Waals surface area contributed by atoms with Gasteiger partial charge in [-0.05, 0) is 43.7 Å². The summed E-state index contributed by atoms with van der Waals surface area (Å²) in [6, 6.07) is 9.72. The Morgan fingerprint density at radius 3 is 2.93 bits per heavy atom. The Morgan fingerprint density at radius 1 is 1.23 bits per heavy atom. The van der Waals surface area contributed by atoms with Gasteiger partial charge in [0.2, 0.25) is 0 Å². The smallest absolute Gasteiger partial charge is 0.273 e. The van der Waals surface area contributed by atoms with Gasteiger partial charge < -0.3 is 9.88 Å². The zero-order valence-corrected chi connectivity index (χ0v) is 17.8. The highest BCUT2D eigenvalue weighted by Gasteiger charge is 2.29. The van der Waals surface area contributed by atoms with E-state index in [1.165, 1.54) is 0 Å². The monoisotopic (exact) mass is 418 g/mol. The van der Waals surface area contributed by atoms with Crippen LogP contribution in [0.1, 0.15) is 45.5 Å². The fourth-order valence-corrected chi connectivity index (χ4v) is 5.33. The molecule has 0 radical (unpaired) electrons. The van der Waals surface area contributed by atoms with Crippen molar-refractivity contribution in [2.24, 2.45) is 0 Å². The van der Waals surface area contributed by atoms with Crippen LogP contribution >= 0.6 is 11.3 Å². The lowest BCUT2D eigenvalue weighted by Crippen LogP contribution is -2.40. The molecule has 6 nitrogen and oxygen atoms in total. The van der Waals surface area contributed by atoms with Crippen molar-refractivity contribution in [3.63, 3.8) is 0 Å². The van der Waals surface area contributed by atoms with Crippen LogP contribution in [-0.4, -0.2) is 38.8 Å². The second kappa shape index (κ2) is 7.32. The fourth-order valence-electron chi connectivity index (χ4n) is 4.29. The van der Waals surface area contributed by atoms with Crippen molar-refractivity contribution >= 4 is 38.2 Å². The van der Waals surface area contributed by atoms with E-state index in [2.05, 4.69) is 9.97 Å². The molecule has 152 valence electrons. The standard InChI is InChI=1S/C23H22N4O2S/c1-13-14(2)30-22-18(13)21(28)25-20(26-22)16-7-5-11-27(12-16)23(29)19-17-8-4-3-6-15(17)9-10-24-19/h3-4,6,8-10,16H,5,7,11-12H2,1-2H3,(H,25,26,28)/t16-/m1/s1. The molecule has 1 saturated heterocycles. The Morgan fingerprint density at radius 2 is 2.07 bits per heavy atom. The lowest BCUT2D eigenvalue weighted by Gasteiger charge is -2.32. The van der Waals surface area contributed by atoms with Crippen LogP contribution in [0, 0.1) is 13.8 Å². The van der Waals surface area contributed by atoms with Gasteiger partial charge in [-0.3, -0.25) is 14.6 Å². The van der Waals surface area contributed by atoms with Gasteiger partial charge in [0.05, 0.1) is 5.39 Å². The average molecular weight is 419 g/mol. The largest absolute Gasteiger partial charge is 0.337 e. The second-order valence-electron chi connectivity index (χ2n) is 7.89. The highest BCUT2D eigenvalue weighted by Crippen LogP contribution is 2.30. The third-order valence-electron chi connectivity index (χ3n) is 6.03. The number of amides is 1. The molecule has 0 bridgehead atoms. The number of benzene rings is 1. The molecule has 1 N–H and O–H groups in total. The number of aromatic nitrogens is 3. The zero-order valence-electron chi connectivity index (χ0n) is 16.9. The molecule has 7 heteroatoms. The number of piperidine rings is 1. The summed E-state index contributed by atoms with van der Waals surface area (Å²) in [6.07, 6.45) is 3.45. The van der Waals surface area contributed by atoms with Crippen LogP contribution in [0.3, 0.4) is 0 Å². The Balaban J connectivity index is 1.47. The van der Waals surface area contributed by atoms with Gasteiger partial charge in [-0.1, -0.05) is 24.3 Å². The number of fused-ring (bicyclic) bond motifs is 2. The summed E-state index contributed by atoms with van der Waals surface area (Å²) < 4.78 is 0. The molecular formula is C23H22N4O2S. The van der Waals surface area contributed by atoms with Crippen molar-refractivity contribution in [1.29, 1.82) is 0 Å². The first-order chi connectivity index (χ1) is 14.5. The van der Waals surface area contributed by atoms with Crippen molar-refractivity contribution in [1.82, 2.24) is 19.9 Å². The Bertz CT molecular complexity index is 1340. The molecule has 1 amide bonds.